The predicted octanol–water partition coefficient (Wildman–Crippen LogP) is 3.63. The van der Waals surface area contributed by atoms with Crippen LogP contribution in [-0.4, -0.2) is 22.6 Å². The van der Waals surface area contributed by atoms with Crippen LogP contribution in [0.25, 0.3) is 5.69 Å². The molecular formula is C19H15F2N3O2. The third-order valence-electron chi connectivity index (χ3n) is 4.46. The highest BCUT2D eigenvalue weighted by Crippen LogP contribution is 2.38. The number of nitrogens with one attached hydrogen (secondary N) is 1. The van der Waals surface area contributed by atoms with Gasteiger partial charge in [0.05, 0.1) is 18.5 Å². The average Bonchev–Trinajstić information content (AvgIpc) is 3.07. The van der Waals surface area contributed by atoms with Gasteiger partial charge in [0.25, 0.3) is 0 Å². The molecule has 1 aromatic heterocycles. The topological polar surface area (TPSA) is 56.2 Å². The third kappa shape index (κ3) is 2.71. The van der Waals surface area contributed by atoms with Crippen LogP contribution in [-0.2, 0) is 4.79 Å². The molecule has 2 aromatic carbocycles. The number of carbonyl (C=O) groups is 1. The minimum atomic E-state index is -0.942. The van der Waals surface area contributed by atoms with Crippen LogP contribution in [0.2, 0.25) is 0 Å². The zero-order valence-electron chi connectivity index (χ0n) is 13.9. The summed E-state index contributed by atoms with van der Waals surface area (Å²) in [6.07, 6.45) is 1.71. The van der Waals surface area contributed by atoms with Crippen LogP contribution < -0.4 is 10.1 Å². The van der Waals surface area contributed by atoms with Gasteiger partial charge in [0.2, 0.25) is 5.91 Å². The fraction of sp³-hybridized carbons (Fsp3) is 0.158. The minimum absolute atomic E-state index is 0.119. The number of fused-ring (bicyclic) bond motifs is 1. The van der Waals surface area contributed by atoms with Gasteiger partial charge >= 0.3 is 0 Å². The highest BCUT2D eigenvalue weighted by atomic mass is 19.2. The molecule has 4 rings (SSSR count). The van der Waals surface area contributed by atoms with Gasteiger partial charge in [-0.2, -0.15) is 0 Å². The number of amides is 1. The molecule has 26 heavy (non-hydrogen) atoms. The molecule has 0 saturated carbocycles. The number of halogens is 2. The van der Waals surface area contributed by atoms with Gasteiger partial charge in [-0.05, 0) is 29.8 Å². The minimum Gasteiger partial charge on any atom is -0.497 e. The van der Waals surface area contributed by atoms with Crippen molar-refractivity contribution in [2.24, 2.45) is 0 Å². The van der Waals surface area contributed by atoms with Crippen LogP contribution in [0.4, 0.5) is 14.6 Å². The second-order valence-corrected chi connectivity index (χ2v) is 6.03. The third-order valence-corrected chi connectivity index (χ3v) is 4.46. The highest BCUT2D eigenvalue weighted by molar-refractivity contribution is 5.94. The molecule has 0 fully saturated rings. The van der Waals surface area contributed by atoms with E-state index in [-0.39, 0.29) is 12.3 Å². The van der Waals surface area contributed by atoms with Gasteiger partial charge in [-0.15, -0.1) is 0 Å². The molecule has 0 aliphatic carbocycles. The van der Waals surface area contributed by atoms with E-state index < -0.39 is 17.6 Å². The predicted molar refractivity (Wildman–Crippen MR) is 91.6 cm³/mol. The van der Waals surface area contributed by atoms with Crippen LogP contribution >= 0.6 is 0 Å². The first kappa shape index (κ1) is 16.3. The van der Waals surface area contributed by atoms with Gasteiger partial charge in [0.1, 0.15) is 12.1 Å². The fourth-order valence-electron chi connectivity index (χ4n) is 3.22. The Bertz CT molecular complexity index is 1000. The molecule has 1 N–H and O–H groups in total. The number of methoxy groups -OCH3 is 1. The summed E-state index contributed by atoms with van der Waals surface area (Å²) >= 11 is 0. The summed E-state index contributed by atoms with van der Waals surface area (Å²) in [7, 11) is 1.58. The van der Waals surface area contributed by atoms with Gasteiger partial charge in [0.15, 0.2) is 17.5 Å². The van der Waals surface area contributed by atoms with Crippen LogP contribution in [0, 0.1) is 11.6 Å². The number of nitrogens with zero attached hydrogens (tertiary/aromatic N) is 2. The molecular weight excluding hydrogens is 340 g/mol. The Kier molecular flexibility index (Phi) is 3.91. The quantitative estimate of drug-likeness (QED) is 0.781. The number of rotatable bonds is 3. The van der Waals surface area contributed by atoms with Gasteiger partial charge in [-0.25, -0.2) is 13.8 Å². The number of hydrogen-bond acceptors (Lipinski definition) is 3. The highest BCUT2D eigenvalue weighted by Gasteiger charge is 2.31. The van der Waals surface area contributed by atoms with E-state index in [0.717, 1.165) is 17.8 Å². The molecule has 132 valence electrons. The van der Waals surface area contributed by atoms with E-state index in [1.54, 1.807) is 13.4 Å². The van der Waals surface area contributed by atoms with Crippen molar-refractivity contribution in [2.75, 3.05) is 12.4 Å². The first-order valence-corrected chi connectivity index (χ1v) is 8.03. The molecule has 1 unspecified atom stereocenters. The maximum absolute atomic E-state index is 13.7. The Morgan fingerprint density at radius 3 is 2.81 bits per heavy atom. The molecule has 0 saturated heterocycles. The molecule has 1 amide bonds. The van der Waals surface area contributed by atoms with Crippen LogP contribution in [0.1, 0.15) is 23.6 Å². The first-order chi connectivity index (χ1) is 12.6. The summed E-state index contributed by atoms with van der Waals surface area (Å²) < 4.78 is 34.1. The Morgan fingerprint density at radius 2 is 2.04 bits per heavy atom. The van der Waals surface area contributed by atoms with Crippen molar-refractivity contribution in [3.05, 3.63) is 71.7 Å². The van der Waals surface area contributed by atoms with Gasteiger partial charge < -0.3 is 14.6 Å². The molecule has 0 bridgehead atoms. The first-order valence-electron chi connectivity index (χ1n) is 8.03. The van der Waals surface area contributed by atoms with E-state index in [1.165, 1.54) is 6.07 Å². The van der Waals surface area contributed by atoms with E-state index in [4.69, 9.17) is 4.74 Å². The Morgan fingerprint density at radius 1 is 1.19 bits per heavy atom. The zero-order valence-corrected chi connectivity index (χ0v) is 13.9. The molecule has 1 aliphatic rings. The molecule has 5 nitrogen and oxygen atoms in total. The van der Waals surface area contributed by atoms with Gasteiger partial charge in [-0.1, -0.05) is 12.1 Å². The standard InChI is InChI=1S/C19H15F2N3O2/c1-26-13-4-2-3-12(8-13)24-10-22-19-18(24)14(9-17(25)23-19)11-5-6-15(20)16(21)7-11/h2-8,10,14H,9H2,1H3,(H,23,25). The van der Waals surface area contributed by atoms with E-state index >= 15 is 0 Å². The lowest BCUT2D eigenvalue weighted by molar-refractivity contribution is -0.116. The lowest BCUT2D eigenvalue weighted by atomic mass is 9.89. The van der Waals surface area contributed by atoms with E-state index in [0.29, 0.717) is 22.8 Å². The zero-order chi connectivity index (χ0) is 18.3. The number of hydrogen-bond donors (Lipinski definition) is 1. The lowest BCUT2D eigenvalue weighted by Crippen LogP contribution is -2.25. The van der Waals surface area contributed by atoms with E-state index in [1.807, 2.05) is 28.8 Å². The summed E-state index contributed by atoms with van der Waals surface area (Å²) in [5.41, 5.74) is 2.02. The molecule has 1 aliphatic heterocycles. The second-order valence-electron chi connectivity index (χ2n) is 6.03. The number of aromatic nitrogens is 2. The van der Waals surface area contributed by atoms with Crippen molar-refractivity contribution < 1.29 is 18.3 Å². The molecule has 1 atom stereocenters. The lowest BCUT2D eigenvalue weighted by Gasteiger charge is -2.25. The number of ether oxygens (including phenoxy) is 1. The van der Waals surface area contributed by atoms with E-state index in [2.05, 4.69) is 10.3 Å². The number of anilines is 1. The molecule has 7 heteroatoms. The van der Waals surface area contributed by atoms with Gasteiger partial charge in [0, 0.05) is 18.4 Å². The number of imidazole rings is 1. The number of benzene rings is 2. The summed E-state index contributed by atoms with van der Waals surface area (Å²) in [6, 6.07) is 11.1. The average molecular weight is 355 g/mol. The SMILES string of the molecule is COc1cccc(-n2cnc3c2C(c2ccc(F)c(F)c2)CC(=O)N3)c1. The smallest absolute Gasteiger partial charge is 0.226 e. The van der Waals surface area contributed by atoms with Crippen molar-refractivity contribution >= 4 is 11.7 Å². The largest absolute Gasteiger partial charge is 0.497 e. The van der Waals surface area contributed by atoms with Crippen molar-refractivity contribution in [1.29, 1.82) is 0 Å². The monoisotopic (exact) mass is 355 g/mol. The molecule has 2 heterocycles. The van der Waals surface area contributed by atoms with Crippen LogP contribution in [0.5, 0.6) is 5.75 Å². The van der Waals surface area contributed by atoms with Crippen LogP contribution in [0.3, 0.4) is 0 Å². The summed E-state index contributed by atoms with van der Waals surface area (Å²) in [5.74, 6) is -1.43. The van der Waals surface area contributed by atoms with E-state index in [9.17, 15) is 13.6 Å². The summed E-state index contributed by atoms with van der Waals surface area (Å²) in [5, 5.41) is 2.73. The normalized spacial score (nSPS) is 16.1. The van der Waals surface area contributed by atoms with Crippen molar-refractivity contribution in [2.45, 2.75) is 12.3 Å². The molecule has 3 aromatic rings. The van der Waals surface area contributed by atoms with Crippen LogP contribution in [0.15, 0.2) is 48.8 Å². The van der Waals surface area contributed by atoms with Crippen molar-refractivity contribution in [1.82, 2.24) is 9.55 Å². The maximum atomic E-state index is 13.7. The maximum Gasteiger partial charge on any atom is 0.226 e. The molecule has 0 spiro atoms. The fourth-order valence-corrected chi connectivity index (χ4v) is 3.22. The Hall–Kier alpha value is -3.22. The van der Waals surface area contributed by atoms with Crippen molar-refractivity contribution in [3.8, 4) is 11.4 Å². The Labute approximate surface area is 148 Å². The summed E-state index contributed by atoms with van der Waals surface area (Å²) in [6.45, 7) is 0. The number of carbonyl (C=O) groups excluding carboxylic acids is 1. The van der Waals surface area contributed by atoms with Crippen molar-refractivity contribution in [3.63, 3.8) is 0 Å². The van der Waals surface area contributed by atoms with Gasteiger partial charge in [-0.3, -0.25) is 4.79 Å². The second kappa shape index (κ2) is 6.25. The molecule has 0 radical (unpaired) electrons. The summed E-state index contributed by atoms with van der Waals surface area (Å²) in [4.78, 5) is 16.3. The Balaban J connectivity index is 1.86.